The zero-order chi connectivity index (χ0) is 20.0. The summed E-state index contributed by atoms with van der Waals surface area (Å²) in [5.74, 6) is -1.22. The van der Waals surface area contributed by atoms with Gasteiger partial charge in [-0.3, -0.25) is 4.79 Å². The van der Waals surface area contributed by atoms with Crippen LogP contribution in [0.3, 0.4) is 0 Å². The van der Waals surface area contributed by atoms with Crippen molar-refractivity contribution in [3.63, 3.8) is 0 Å². The van der Waals surface area contributed by atoms with Gasteiger partial charge in [0.05, 0.1) is 11.5 Å². The van der Waals surface area contributed by atoms with Crippen LogP contribution in [0, 0.1) is 0 Å². The number of carbonyl (C=O) groups excluding carboxylic acids is 2. The predicted molar refractivity (Wildman–Crippen MR) is 110 cm³/mol. The highest BCUT2D eigenvalue weighted by atomic mass is 32.2. The maximum atomic E-state index is 12.2. The Hall–Kier alpha value is -2.54. The molecule has 0 bridgehead atoms. The highest BCUT2D eigenvalue weighted by Gasteiger charge is 2.33. The molecule has 144 valence electrons. The monoisotopic (exact) mass is 388 g/mol. The molecule has 1 N–H and O–H groups in total. The van der Waals surface area contributed by atoms with E-state index < -0.39 is 5.97 Å². The molecule has 7 heteroatoms. The Balaban J connectivity index is 2.39. The number of esters is 1. The summed E-state index contributed by atoms with van der Waals surface area (Å²) >= 11 is 1.10. The molecule has 2 rings (SSSR count). The van der Waals surface area contributed by atoms with Crippen molar-refractivity contribution >= 4 is 40.4 Å². The third-order valence-corrected chi connectivity index (χ3v) is 4.79. The Morgan fingerprint density at radius 3 is 2.44 bits per heavy atom. The Kier molecular flexibility index (Phi) is 7.24. The number of nitrogens with zero attached hydrogens (tertiary/aromatic N) is 2. The van der Waals surface area contributed by atoms with Crippen molar-refractivity contribution < 1.29 is 19.4 Å². The van der Waals surface area contributed by atoms with Crippen LogP contribution in [-0.4, -0.2) is 42.7 Å². The Morgan fingerprint density at radius 1 is 1.22 bits per heavy atom. The van der Waals surface area contributed by atoms with Crippen molar-refractivity contribution in [2.75, 3.05) is 25.6 Å². The molecule has 6 nitrogen and oxygen atoms in total. The highest BCUT2D eigenvalue weighted by Crippen LogP contribution is 2.39. The van der Waals surface area contributed by atoms with Crippen LogP contribution < -0.4 is 4.90 Å². The summed E-state index contributed by atoms with van der Waals surface area (Å²) in [6.45, 7) is 3.73. The second-order valence-corrected chi connectivity index (χ2v) is 7.13. The summed E-state index contributed by atoms with van der Waals surface area (Å²) in [5.41, 5.74) is 1.86. The van der Waals surface area contributed by atoms with E-state index >= 15 is 0 Å². The number of anilines is 1. The van der Waals surface area contributed by atoms with Gasteiger partial charge in [0, 0.05) is 26.2 Å². The number of aliphatic hydroxyl groups is 1. The van der Waals surface area contributed by atoms with Crippen LogP contribution >= 0.6 is 11.8 Å². The number of amides is 1. The lowest BCUT2D eigenvalue weighted by molar-refractivity contribution is -0.138. The van der Waals surface area contributed by atoms with E-state index in [9.17, 15) is 14.7 Å². The zero-order valence-corrected chi connectivity index (χ0v) is 16.8. The molecule has 0 atom stereocenters. The molecule has 1 aromatic carbocycles. The molecule has 0 spiro atoms. The van der Waals surface area contributed by atoms with E-state index in [1.54, 1.807) is 13.0 Å². The average molecular weight is 388 g/mol. The van der Waals surface area contributed by atoms with Crippen LogP contribution in [0.4, 0.5) is 5.69 Å². The van der Waals surface area contributed by atoms with Crippen LogP contribution in [0.25, 0.3) is 6.08 Å². The number of thioether (sulfide) groups is 1. The second-order valence-electron chi connectivity index (χ2n) is 6.10. The summed E-state index contributed by atoms with van der Waals surface area (Å²) < 4.78 is 5.01. The van der Waals surface area contributed by atoms with Crippen LogP contribution in [0.2, 0.25) is 0 Å². The van der Waals surface area contributed by atoms with Crippen molar-refractivity contribution in [2.24, 2.45) is 4.99 Å². The first-order valence-electron chi connectivity index (χ1n) is 8.76. The maximum Gasteiger partial charge on any atom is 0.344 e. The number of carbonyl (C=O) groups is 2. The molecule has 0 unspecified atom stereocenters. The fourth-order valence-corrected chi connectivity index (χ4v) is 3.43. The van der Waals surface area contributed by atoms with E-state index in [4.69, 9.17) is 4.74 Å². The molecule has 0 aliphatic carbocycles. The summed E-state index contributed by atoms with van der Waals surface area (Å²) in [6, 6.07) is 7.74. The standard InChI is InChI=1S/C20H24N2O4S/c1-5-7-16(23)21-19-17(20(25)26-6-2)18(24)15(27-19)12-13-8-10-14(11-9-13)22(3)4/h8-12,24H,5-7H2,1-4H3/b15-12-,21-19?. The molecule has 0 radical (unpaired) electrons. The quantitative estimate of drug-likeness (QED) is 0.744. The van der Waals surface area contributed by atoms with E-state index in [2.05, 4.69) is 4.99 Å². The van der Waals surface area contributed by atoms with Gasteiger partial charge < -0.3 is 14.7 Å². The zero-order valence-electron chi connectivity index (χ0n) is 16.0. The van der Waals surface area contributed by atoms with Crippen molar-refractivity contribution in [1.82, 2.24) is 0 Å². The van der Waals surface area contributed by atoms with Crippen LogP contribution in [0.5, 0.6) is 0 Å². The lowest BCUT2D eigenvalue weighted by Gasteiger charge is -2.11. The summed E-state index contributed by atoms with van der Waals surface area (Å²) in [7, 11) is 3.91. The first-order chi connectivity index (χ1) is 12.9. The Bertz CT molecular complexity index is 808. The molecule has 0 saturated carbocycles. The minimum absolute atomic E-state index is 0.0533. The van der Waals surface area contributed by atoms with Gasteiger partial charge in [-0.1, -0.05) is 30.8 Å². The van der Waals surface area contributed by atoms with Gasteiger partial charge in [-0.05, 0) is 37.1 Å². The SMILES string of the molecule is CCCC(=O)N=C1S/C(=C\c2ccc(N(C)C)cc2)C(O)=C1C(=O)OCC. The molecule has 1 amide bonds. The number of benzene rings is 1. The molecular formula is C20H24N2O4S. The summed E-state index contributed by atoms with van der Waals surface area (Å²) in [4.78, 5) is 30.6. The molecule has 27 heavy (non-hydrogen) atoms. The summed E-state index contributed by atoms with van der Waals surface area (Å²) in [5, 5.41) is 10.7. The first-order valence-corrected chi connectivity index (χ1v) is 9.58. The number of hydrogen-bond acceptors (Lipinski definition) is 6. The number of ether oxygens (including phenoxy) is 1. The van der Waals surface area contributed by atoms with Gasteiger partial charge >= 0.3 is 5.97 Å². The molecule has 1 aliphatic heterocycles. The molecule has 1 heterocycles. The largest absolute Gasteiger partial charge is 0.506 e. The van der Waals surface area contributed by atoms with Gasteiger partial charge in [0.25, 0.3) is 0 Å². The fourth-order valence-electron chi connectivity index (χ4n) is 2.39. The summed E-state index contributed by atoms with van der Waals surface area (Å²) in [6.07, 6.45) is 2.70. The minimum Gasteiger partial charge on any atom is -0.506 e. The average Bonchev–Trinajstić information content (AvgIpc) is 2.91. The number of aliphatic imine (C=N–C) groups is 1. The smallest absolute Gasteiger partial charge is 0.344 e. The first kappa shape index (κ1) is 20.8. The molecule has 1 aliphatic rings. The normalized spacial score (nSPS) is 16.9. The predicted octanol–water partition coefficient (Wildman–Crippen LogP) is 3.94. The van der Waals surface area contributed by atoms with Crippen LogP contribution in [0.1, 0.15) is 32.3 Å². The van der Waals surface area contributed by atoms with Crippen molar-refractivity contribution in [2.45, 2.75) is 26.7 Å². The van der Waals surface area contributed by atoms with Crippen LogP contribution in [0.15, 0.2) is 45.5 Å². The van der Waals surface area contributed by atoms with Crippen molar-refractivity contribution in [3.8, 4) is 0 Å². The maximum absolute atomic E-state index is 12.2. The van der Waals surface area contributed by atoms with Crippen molar-refractivity contribution in [3.05, 3.63) is 46.1 Å². The number of hydrogen-bond donors (Lipinski definition) is 1. The van der Waals surface area contributed by atoms with E-state index in [0.717, 1.165) is 23.0 Å². The molecule has 0 saturated heterocycles. The van der Waals surface area contributed by atoms with E-state index in [1.165, 1.54) is 0 Å². The molecule has 0 fully saturated rings. The Morgan fingerprint density at radius 2 is 1.89 bits per heavy atom. The second kappa shape index (κ2) is 9.41. The molecule has 0 aromatic heterocycles. The third-order valence-electron chi connectivity index (χ3n) is 3.77. The molecular weight excluding hydrogens is 364 g/mol. The van der Waals surface area contributed by atoms with Gasteiger partial charge in [-0.25, -0.2) is 9.79 Å². The van der Waals surface area contributed by atoms with Gasteiger partial charge in [0.15, 0.2) is 0 Å². The highest BCUT2D eigenvalue weighted by molar-refractivity contribution is 8.18. The van der Waals surface area contributed by atoms with E-state index in [0.29, 0.717) is 11.3 Å². The number of aliphatic hydroxyl groups excluding tert-OH is 1. The Labute approximate surface area is 163 Å². The molecule has 1 aromatic rings. The third kappa shape index (κ3) is 5.23. The minimum atomic E-state index is -0.683. The van der Waals surface area contributed by atoms with Gasteiger partial charge in [0.2, 0.25) is 5.91 Å². The van der Waals surface area contributed by atoms with Gasteiger partial charge in [-0.15, -0.1) is 0 Å². The van der Waals surface area contributed by atoms with E-state index in [-0.39, 0.29) is 35.3 Å². The van der Waals surface area contributed by atoms with Crippen LogP contribution in [-0.2, 0) is 14.3 Å². The topological polar surface area (TPSA) is 79.2 Å². The lowest BCUT2D eigenvalue weighted by Crippen LogP contribution is -2.14. The van der Waals surface area contributed by atoms with E-state index in [1.807, 2.05) is 50.2 Å². The van der Waals surface area contributed by atoms with Gasteiger partial charge in [0.1, 0.15) is 16.4 Å². The number of rotatable bonds is 6. The van der Waals surface area contributed by atoms with Gasteiger partial charge in [-0.2, -0.15) is 0 Å². The lowest BCUT2D eigenvalue weighted by atomic mass is 10.1. The van der Waals surface area contributed by atoms with Crippen molar-refractivity contribution in [1.29, 1.82) is 0 Å². The fraction of sp³-hybridized carbons (Fsp3) is 0.350.